The number of aromatic nitrogens is 2. The molecule has 2 aromatic rings. The third kappa shape index (κ3) is 2.56. The molecule has 3 heterocycles. The molecule has 124 valence electrons. The van der Waals surface area contributed by atoms with Crippen LogP contribution >= 0.6 is 0 Å². The second-order valence-corrected chi connectivity index (χ2v) is 6.25. The quantitative estimate of drug-likeness (QED) is 0.834. The van der Waals surface area contributed by atoms with Gasteiger partial charge in [-0.2, -0.15) is 4.98 Å². The summed E-state index contributed by atoms with van der Waals surface area (Å²) in [5, 5.41) is 6.21. The number of rotatable bonds is 1. The van der Waals surface area contributed by atoms with Crippen molar-refractivity contribution in [1.82, 2.24) is 14.9 Å². The summed E-state index contributed by atoms with van der Waals surface area (Å²) >= 11 is 0. The van der Waals surface area contributed by atoms with Crippen LogP contribution in [-0.4, -0.2) is 54.0 Å². The number of carbonyl (C=O) groups excluding carboxylic acids is 1. The van der Waals surface area contributed by atoms with Crippen LogP contribution in [0.15, 0.2) is 24.3 Å². The molecule has 2 aliphatic rings. The smallest absolute Gasteiger partial charge is 0.261 e. The van der Waals surface area contributed by atoms with E-state index in [1.54, 1.807) is 0 Å². The molecule has 0 unspecified atom stereocenters. The lowest BCUT2D eigenvalue weighted by Crippen LogP contribution is -2.45. The number of amides is 1. The Balaban J connectivity index is 1.75. The van der Waals surface area contributed by atoms with Crippen LogP contribution < -0.4 is 15.5 Å². The van der Waals surface area contributed by atoms with E-state index in [9.17, 15) is 4.79 Å². The molecule has 2 aliphatic heterocycles. The molecule has 1 amide bonds. The number of hydrogen-bond donors (Lipinski definition) is 2. The minimum absolute atomic E-state index is 0.176. The molecule has 1 aromatic heterocycles. The summed E-state index contributed by atoms with van der Waals surface area (Å²) < 4.78 is 0. The van der Waals surface area contributed by atoms with E-state index in [1.165, 1.54) is 0 Å². The van der Waals surface area contributed by atoms with Crippen LogP contribution in [0.25, 0.3) is 0 Å². The minimum atomic E-state index is -0.176. The highest BCUT2D eigenvalue weighted by atomic mass is 16.1. The first-order chi connectivity index (χ1) is 11.6. The number of nitrogens with zero attached hydrogens (tertiary/aromatic N) is 4. The maximum atomic E-state index is 12.6. The maximum absolute atomic E-state index is 12.6. The first-order valence-electron chi connectivity index (χ1n) is 8.11. The highest BCUT2D eigenvalue weighted by Crippen LogP contribution is 2.32. The van der Waals surface area contributed by atoms with Crippen molar-refractivity contribution < 1.29 is 4.79 Å². The summed E-state index contributed by atoms with van der Waals surface area (Å²) in [5.41, 5.74) is 2.78. The molecule has 0 spiro atoms. The minimum Gasteiger partial charge on any atom is -0.338 e. The SMILES string of the molecule is Cc1nc(N2CCN(C)CC2)nc2c1C(=O)Nc1ccccc1N2. The third-order valence-electron chi connectivity index (χ3n) is 4.52. The molecule has 1 fully saturated rings. The third-order valence-corrected chi connectivity index (χ3v) is 4.52. The van der Waals surface area contributed by atoms with Crippen LogP contribution in [0.1, 0.15) is 16.1 Å². The fraction of sp³-hybridized carbons (Fsp3) is 0.353. The van der Waals surface area contributed by atoms with Crippen molar-refractivity contribution in [2.45, 2.75) is 6.92 Å². The van der Waals surface area contributed by atoms with Crippen LogP contribution in [0.5, 0.6) is 0 Å². The molecule has 1 saturated heterocycles. The Morgan fingerprint density at radius 2 is 1.67 bits per heavy atom. The number of nitrogens with one attached hydrogen (secondary N) is 2. The molecular formula is C17H20N6O. The van der Waals surface area contributed by atoms with Gasteiger partial charge in [0.1, 0.15) is 11.4 Å². The molecule has 0 atom stereocenters. The molecule has 0 aliphatic carbocycles. The lowest BCUT2D eigenvalue weighted by Gasteiger charge is -2.32. The molecule has 7 heteroatoms. The summed E-state index contributed by atoms with van der Waals surface area (Å²) in [6, 6.07) is 7.62. The largest absolute Gasteiger partial charge is 0.338 e. The van der Waals surface area contributed by atoms with Crippen LogP contribution in [0.4, 0.5) is 23.1 Å². The topological polar surface area (TPSA) is 73.4 Å². The van der Waals surface area contributed by atoms with E-state index in [4.69, 9.17) is 0 Å². The summed E-state index contributed by atoms with van der Waals surface area (Å²) in [4.78, 5) is 26.3. The average molecular weight is 324 g/mol. The van der Waals surface area contributed by atoms with Gasteiger partial charge in [0, 0.05) is 26.2 Å². The van der Waals surface area contributed by atoms with E-state index in [1.807, 2.05) is 31.2 Å². The number of fused-ring (bicyclic) bond motifs is 2. The number of anilines is 4. The van der Waals surface area contributed by atoms with E-state index in [0.717, 1.165) is 37.6 Å². The molecule has 0 radical (unpaired) electrons. The van der Waals surface area contributed by atoms with Crippen LogP contribution in [0.2, 0.25) is 0 Å². The molecule has 0 saturated carbocycles. The van der Waals surface area contributed by atoms with Gasteiger partial charge in [0.25, 0.3) is 5.91 Å². The van der Waals surface area contributed by atoms with Crippen molar-refractivity contribution in [2.24, 2.45) is 0 Å². The number of likely N-dealkylation sites (N-methyl/N-ethyl adjacent to an activating group) is 1. The second-order valence-electron chi connectivity index (χ2n) is 6.25. The lowest BCUT2D eigenvalue weighted by atomic mass is 10.2. The molecular weight excluding hydrogens is 304 g/mol. The Morgan fingerprint density at radius 3 is 2.38 bits per heavy atom. The van der Waals surface area contributed by atoms with Crippen LogP contribution in [-0.2, 0) is 0 Å². The van der Waals surface area contributed by atoms with Crippen molar-refractivity contribution in [3.63, 3.8) is 0 Å². The van der Waals surface area contributed by atoms with Gasteiger partial charge >= 0.3 is 0 Å². The van der Waals surface area contributed by atoms with Crippen molar-refractivity contribution in [2.75, 3.05) is 48.8 Å². The summed E-state index contributed by atoms with van der Waals surface area (Å²) in [6.07, 6.45) is 0. The first-order valence-corrected chi connectivity index (χ1v) is 8.11. The molecule has 1 aromatic carbocycles. The number of piperazine rings is 1. The Morgan fingerprint density at radius 1 is 1.00 bits per heavy atom. The standard InChI is InChI=1S/C17H20N6O/c1-11-14-15(19-12-5-3-4-6-13(12)20-16(14)24)21-17(18-11)23-9-7-22(2)8-10-23/h3-6H,7-10H2,1-2H3,(H,20,24)(H,18,19,21). The number of para-hydroxylation sites is 2. The first kappa shape index (κ1) is 14.9. The van der Waals surface area contributed by atoms with Gasteiger partial charge in [0.15, 0.2) is 0 Å². The molecule has 24 heavy (non-hydrogen) atoms. The second kappa shape index (κ2) is 5.76. The monoisotopic (exact) mass is 324 g/mol. The van der Waals surface area contributed by atoms with Crippen molar-refractivity contribution in [3.8, 4) is 0 Å². The Hall–Kier alpha value is -2.67. The summed E-state index contributed by atoms with van der Waals surface area (Å²) in [6.45, 7) is 5.60. The number of benzene rings is 1. The molecule has 2 N–H and O–H groups in total. The zero-order chi connectivity index (χ0) is 16.7. The van der Waals surface area contributed by atoms with Gasteiger partial charge < -0.3 is 20.4 Å². The van der Waals surface area contributed by atoms with E-state index < -0.39 is 0 Å². The van der Waals surface area contributed by atoms with Gasteiger partial charge in [-0.05, 0) is 26.1 Å². The zero-order valence-electron chi connectivity index (χ0n) is 13.8. The van der Waals surface area contributed by atoms with Crippen LogP contribution in [0.3, 0.4) is 0 Å². The Bertz CT molecular complexity index is 798. The molecule has 7 nitrogen and oxygen atoms in total. The van der Waals surface area contributed by atoms with E-state index >= 15 is 0 Å². The predicted molar refractivity (Wildman–Crippen MR) is 94.2 cm³/mol. The van der Waals surface area contributed by atoms with Crippen molar-refractivity contribution in [3.05, 3.63) is 35.5 Å². The van der Waals surface area contributed by atoms with Gasteiger partial charge in [-0.1, -0.05) is 12.1 Å². The Kier molecular flexibility index (Phi) is 3.57. The highest BCUT2D eigenvalue weighted by molar-refractivity contribution is 6.12. The molecule has 0 bridgehead atoms. The van der Waals surface area contributed by atoms with Gasteiger partial charge in [0.05, 0.1) is 17.1 Å². The van der Waals surface area contributed by atoms with E-state index in [-0.39, 0.29) is 5.91 Å². The number of aryl methyl sites for hydroxylation is 1. The van der Waals surface area contributed by atoms with E-state index in [0.29, 0.717) is 23.0 Å². The zero-order valence-corrected chi connectivity index (χ0v) is 13.8. The van der Waals surface area contributed by atoms with E-state index in [2.05, 4.69) is 37.4 Å². The normalized spacial score (nSPS) is 17.4. The van der Waals surface area contributed by atoms with Crippen LogP contribution in [0, 0.1) is 6.92 Å². The van der Waals surface area contributed by atoms with Gasteiger partial charge in [0.2, 0.25) is 5.95 Å². The van der Waals surface area contributed by atoms with Gasteiger partial charge in [-0.15, -0.1) is 0 Å². The number of hydrogen-bond acceptors (Lipinski definition) is 6. The van der Waals surface area contributed by atoms with Gasteiger partial charge in [-0.25, -0.2) is 4.98 Å². The maximum Gasteiger partial charge on any atom is 0.261 e. The van der Waals surface area contributed by atoms with Crippen molar-refractivity contribution >= 4 is 29.0 Å². The lowest BCUT2D eigenvalue weighted by molar-refractivity contribution is 0.102. The fourth-order valence-electron chi connectivity index (χ4n) is 3.08. The average Bonchev–Trinajstić information content (AvgIpc) is 2.71. The molecule has 4 rings (SSSR count). The van der Waals surface area contributed by atoms with Crippen molar-refractivity contribution in [1.29, 1.82) is 0 Å². The highest BCUT2D eigenvalue weighted by Gasteiger charge is 2.25. The Labute approximate surface area is 140 Å². The summed E-state index contributed by atoms with van der Waals surface area (Å²) in [7, 11) is 2.11. The number of carbonyl (C=O) groups is 1. The predicted octanol–water partition coefficient (Wildman–Crippen LogP) is 1.85. The fourth-order valence-corrected chi connectivity index (χ4v) is 3.08. The van der Waals surface area contributed by atoms with Gasteiger partial charge in [-0.3, -0.25) is 4.79 Å². The summed E-state index contributed by atoms with van der Waals surface area (Å²) in [5.74, 6) is 1.07.